The van der Waals surface area contributed by atoms with E-state index < -0.39 is 0 Å². The van der Waals surface area contributed by atoms with Crippen molar-refractivity contribution < 1.29 is 9.26 Å². The Morgan fingerprint density at radius 3 is 2.94 bits per heavy atom. The summed E-state index contributed by atoms with van der Waals surface area (Å²) in [6.45, 7) is 2.38. The van der Waals surface area contributed by atoms with E-state index in [1.165, 1.54) is 19.3 Å². The highest BCUT2D eigenvalue weighted by Gasteiger charge is 2.21. The maximum absolute atomic E-state index is 6.08. The fourth-order valence-corrected chi connectivity index (χ4v) is 2.18. The van der Waals surface area contributed by atoms with Gasteiger partial charge >= 0.3 is 0 Å². The normalized spacial score (nSPS) is 25.8. The Morgan fingerprint density at radius 1 is 1.35 bits per heavy atom. The van der Waals surface area contributed by atoms with Crippen LogP contribution in [0.4, 0.5) is 0 Å². The molecule has 2 N–H and O–H groups in total. The van der Waals surface area contributed by atoms with E-state index in [2.05, 4.69) is 10.1 Å². The van der Waals surface area contributed by atoms with Crippen LogP contribution in [-0.4, -0.2) is 22.3 Å². The third-order valence-corrected chi connectivity index (χ3v) is 3.25. The molecule has 1 aliphatic rings. The highest BCUT2D eigenvalue weighted by atomic mass is 16.5. The SMILES string of the molecule is CCc1noc(COC2CCCCCC2N)n1. The van der Waals surface area contributed by atoms with Crippen molar-refractivity contribution in [1.82, 2.24) is 10.1 Å². The summed E-state index contributed by atoms with van der Waals surface area (Å²) < 4.78 is 10.9. The Morgan fingerprint density at radius 2 is 2.18 bits per heavy atom. The van der Waals surface area contributed by atoms with E-state index in [4.69, 9.17) is 15.0 Å². The van der Waals surface area contributed by atoms with Crippen LogP contribution < -0.4 is 5.73 Å². The molecule has 0 aromatic carbocycles. The Hall–Kier alpha value is -0.940. The molecule has 1 heterocycles. The maximum Gasteiger partial charge on any atom is 0.252 e. The van der Waals surface area contributed by atoms with Gasteiger partial charge in [-0.05, 0) is 12.8 Å². The van der Waals surface area contributed by atoms with E-state index in [1.807, 2.05) is 6.92 Å². The van der Waals surface area contributed by atoms with E-state index in [1.54, 1.807) is 0 Å². The van der Waals surface area contributed by atoms with Crippen molar-refractivity contribution in [2.75, 3.05) is 0 Å². The molecule has 2 atom stereocenters. The second-order valence-corrected chi connectivity index (χ2v) is 4.61. The minimum atomic E-state index is 0.134. The largest absolute Gasteiger partial charge is 0.367 e. The van der Waals surface area contributed by atoms with Gasteiger partial charge in [-0.15, -0.1) is 0 Å². The average molecular weight is 239 g/mol. The van der Waals surface area contributed by atoms with Gasteiger partial charge in [0.1, 0.15) is 6.61 Å². The molecule has 0 saturated heterocycles. The minimum absolute atomic E-state index is 0.134. The zero-order valence-corrected chi connectivity index (χ0v) is 10.4. The van der Waals surface area contributed by atoms with Gasteiger partial charge < -0.3 is 15.0 Å². The van der Waals surface area contributed by atoms with Crippen LogP contribution in [-0.2, 0) is 17.8 Å². The maximum atomic E-state index is 6.08. The molecule has 1 saturated carbocycles. The molecule has 0 radical (unpaired) electrons. The Bertz CT molecular complexity index is 340. The number of nitrogens with two attached hydrogens (primary N) is 1. The lowest BCUT2D eigenvalue weighted by atomic mass is 10.1. The Kier molecular flexibility index (Phi) is 4.50. The van der Waals surface area contributed by atoms with Gasteiger partial charge in [-0.2, -0.15) is 4.98 Å². The number of ether oxygens (including phenoxy) is 1. The number of hydrogen-bond acceptors (Lipinski definition) is 5. The molecule has 5 nitrogen and oxygen atoms in total. The summed E-state index contributed by atoms with van der Waals surface area (Å²) in [5.41, 5.74) is 6.08. The molecule has 5 heteroatoms. The van der Waals surface area contributed by atoms with Crippen LogP contribution in [0.1, 0.15) is 50.7 Å². The van der Waals surface area contributed by atoms with Crippen LogP contribution in [0, 0.1) is 0 Å². The molecule has 2 rings (SSSR count). The number of aryl methyl sites for hydroxylation is 1. The third kappa shape index (κ3) is 3.51. The van der Waals surface area contributed by atoms with Crippen molar-refractivity contribution in [2.45, 2.75) is 64.2 Å². The summed E-state index contributed by atoms with van der Waals surface area (Å²) in [5, 5.41) is 3.84. The van der Waals surface area contributed by atoms with Crippen molar-refractivity contribution in [3.8, 4) is 0 Å². The standard InChI is InChI=1S/C12H21N3O2/c1-2-11-14-12(17-15-11)8-16-10-7-5-3-4-6-9(10)13/h9-10H,2-8,13H2,1H3. The molecule has 1 aromatic rings. The van der Waals surface area contributed by atoms with Crippen molar-refractivity contribution >= 4 is 0 Å². The first-order valence-corrected chi connectivity index (χ1v) is 6.48. The second-order valence-electron chi connectivity index (χ2n) is 4.61. The molecule has 1 aliphatic carbocycles. The Labute approximate surface area is 102 Å². The molecule has 0 spiro atoms. The van der Waals surface area contributed by atoms with E-state index in [0.29, 0.717) is 12.5 Å². The van der Waals surface area contributed by atoms with Crippen LogP contribution in [0.5, 0.6) is 0 Å². The van der Waals surface area contributed by atoms with E-state index >= 15 is 0 Å². The van der Waals surface area contributed by atoms with Crippen molar-refractivity contribution in [3.63, 3.8) is 0 Å². The molecular formula is C12H21N3O2. The smallest absolute Gasteiger partial charge is 0.252 e. The van der Waals surface area contributed by atoms with Crippen molar-refractivity contribution in [1.29, 1.82) is 0 Å². The van der Waals surface area contributed by atoms with Crippen molar-refractivity contribution in [2.24, 2.45) is 5.73 Å². The van der Waals surface area contributed by atoms with E-state index in [9.17, 15) is 0 Å². The predicted molar refractivity (Wildman–Crippen MR) is 63.3 cm³/mol. The summed E-state index contributed by atoms with van der Waals surface area (Å²) >= 11 is 0. The van der Waals surface area contributed by atoms with Gasteiger partial charge in [-0.3, -0.25) is 0 Å². The highest BCUT2D eigenvalue weighted by molar-refractivity contribution is 4.84. The second kappa shape index (κ2) is 6.12. The van der Waals surface area contributed by atoms with Gasteiger partial charge in [0.15, 0.2) is 5.82 Å². The topological polar surface area (TPSA) is 74.2 Å². The van der Waals surface area contributed by atoms with Crippen LogP contribution >= 0.6 is 0 Å². The first-order valence-electron chi connectivity index (χ1n) is 6.48. The number of rotatable bonds is 4. The summed E-state index contributed by atoms with van der Waals surface area (Å²) in [6.07, 6.45) is 6.67. The Balaban J connectivity index is 1.83. The van der Waals surface area contributed by atoms with Gasteiger partial charge in [0.25, 0.3) is 5.89 Å². The number of nitrogens with zero attached hydrogens (tertiary/aromatic N) is 2. The summed E-state index contributed by atoms with van der Waals surface area (Å²) in [5.74, 6) is 1.28. The lowest BCUT2D eigenvalue weighted by Crippen LogP contribution is -2.35. The zero-order valence-electron chi connectivity index (χ0n) is 10.4. The van der Waals surface area contributed by atoms with E-state index in [0.717, 1.165) is 25.1 Å². The fourth-order valence-electron chi connectivity index (χ4n) is 2.18. The molecule has 0 amide bonds. The van der Waals surface area contributed by atoms with Gasteiger partial charge in [0, 0.05) is 12.5 Å². The molecule has 0 aliphatic heterocycles. The van der Waals surface area contributed by atoms with Crippen LogP contribution in [0.2, 0.25) is 0 Å². The first kappa shape index (κ1) is 12.5. The molecule has 17 heavy (non-hydrogen) atoms. The summed E-state index contributed by atoms with van der Waals surface area (Å²) in [4.78, 5) is 4.22. The molecular weight excluding hydrogens is 218 g/mol. The van der Waals surface area contributed by atoms with Crippen LogP contribution in [0.25, 0.3) is 0 Å². The molecule has 96 valence electrons. The highest BCUT2D eigenvalue weighted by Crippen LogP contribution is 2.20. The summed E-state index contributed by atoms with van der Waals surface area (Å²) in [6, 6.07) is 0.145. The quantitative estimate of drug-likeness (QED) is 0.811. The minimum Gasteiger partial charge on any atom is -0.367 e. The van der Waals surface area contributed by atoms with E-state index in [-0.39, 0.29) is 12.1 Å². The van der Waals surface area contributed by atoms with Gasteiger partial charge in [-0.1, -0.05) is 31.3 Å². The fraction of sp³-hybridized carbons (Fsp3) is 0.833. The van der Waals surface area contributed by atoms with Gasteiger partial charge in [0.2, 0.25) is 0 Å². The summed E-state index contributed by atoms with van der Waals surface area (Å²) in [7, 11) is 0. The third-order valence-electron chi connectivity index (χ3n) is 3.25. The molecule has 0 bridgehead atoms. The first-order chi connectivity index (χ1) is 8.29. The lowest BCUT2D eigenvalue weighted by molar-refractivity contribution is 0.00685. The monoisotopic (exact) mass is 239 g/mol. The molecule has 1 aromatic heterocycles. The molecule has 2 unspecified atom stereocenters. The predicted octanol–water partition coefficient (Wildman–Crippen LogP) is 1.81. The van der Waals surface area contributed by atoms with Crippen LogP contribution in [0.3, 0.4) is 0 Å². The van der Waals surface area contributed by atoms with Crippen LogP contribution in [0.15, 0.2) is 4.52 Å². The van der Waals surface area contributed by atoms with Crippen molar-refractivity contribution in [3.05, 3.63) is 11.7 Å². The zero-order chi connectivity index (χ0) is 12.1. The lowest BCUT2D eigenvalue weighted by Gasteiger charge is -2.20. The number of aromatic nitrogens is 2. The molecule has 1 fully saturated rings. The number of hydrogen-bond donors (Lipinski definition) is 1. The van der Waals surface area contributed by atoms with Gasteiger partial charge in [-0.25, -0.2) is 0 Å². The van der Waals surface area contributed by atoms with Gasteiger partial charge in [0.05, 0.1) is 6.10 Å². The average Bonchev–Trinajstić information content (AvgIpc) is 2.70.